The van der Waals surface area contributed by atoms with Crippen molar-refractivity contribution in [2.75, 3.05) is 0 Å². The molecule has 3 rings (SSSR count). The monoisotopic (exact) mass is 359 g/mol. The van der Waals surface area contributed by atoms with Crippen LogP contribution in [0.3, 0.4) is 0 Å². The average molecular weight is 359 g/mol. The van der Waals surface area contributed by atoms with Gasteiger partial charge in [-0.1, -0.05) is 74.0 Å². The predicted octanol–water partition coefficient (Wildman–Crippen LogP) is 7.38. The minimum Gasteiger partial charge on any atom is -0.166 e. The molecule has 0 heterocycles. The van der Waals surface area contributed by atoms with Crippen LogP contribution in [0.25, 0.3) is 10.8 Å². The van der Waals surface area contributed by atoms with E-state index in [9.17, 15) is 13.2 Å². The minimum absolute atomic E-state index is 0.0486. The van der Waals surface area contributed by atoms with Crippen LogP contribution < -0.4 is 0 Å². The number of hydrogen-bond donors (Lipinski definition) is 0. The van der Waals surface area contributed by atoms with Gasteiger partial charge in [-0.2, -0.15) is 13.2 Å². The summed E-state index contributed by atoms with van der Waals surface area (Å²) in [5.41, 5.74) is 0.468. The van der Waals surface area contributed by atoms with Crippen LogP contribution in [-0.4, -0.2) is 0 Å². The number of hydrogen-bond acceptors (Lipinski definition) is 0. The van der Waals surface area contributed by atoms with Crippen LogP contribution in [0.2, 0.25) is 0 Å². The second-order valence-electron chi connectivity index (χ2n) is 6.43. The van der Waals surface area contributed by atoms with Crippen molar-refractivity contribution in [3.05, 3.63) is 83.4 Å². The van der Waals surface area contributed by atoms with Gasteiger partial charge in [0.25, 0.3) is 0 Å². The SMILES string of the molecule is [2H]C([2H])(CCc1cccc(C(F)(F)F)c1)C[C@]([2H])(C)c1cccc2ccccc12. The maximum absolute atomic E-state index is 12.9. The summed E-state index contributed by atoms with van der Waals surface area (Å²) in [5, 5.41) is 1.91. The summed E-state index contributed by atoms with van der Waals surface area (Å²) >= 11 is 0. The van der Waals surface area contributed by atoms with E-state index in [1.807, 2.05) is 42.5 Å². The highest BCUT2D eigenvalue weighted by molar-refractivity contribution is 5.86. The fourth-order valence-electron chi connectivity index (χ4n) is 3.10. The lowest BCUT2D eigenvalue weighted by Crippen LogP contribution is -2.05. The van der Waals surface area contributed by atoms with E-state index >= 15 is 0 Å². The summed E-state index contributed by atoms with van der Waals surface area (Å²) in [4.78, 5) is 0. The Morgan fingerprint density at radius 1 is 1.00 bits per heavy atom. The number of fused-ring (bicyclic) bond motifs is 1. The molecule has 1 atom stereocenters. The highest BCUT2D eigenvalue weighted by atomic mass is 19.4. The van der Waals surface area contributed by atoms with Gasteiger partial charge in [-0.25, -0.2) is 0 Å². The molecule has 0 amide bonds. The summed E-state index contributed by atoms with van der Waals surface area (Å²) in [6, 6.07) is 18.4. The average Bonchev–Trinajstić information content (AvgIpc) is 2.65. The standard InChI is InChI=1S/C23H23F3/c1-17(21-15-7-12-19-11-4-5-14-22(19)21)8-2-3-9-18-10-6-13-20(16-18)23(24,25)26/h4-7,10-17H,2-3,8-9H2,1H3/t17-/m0/s1/i2D2,17D. The highest BCUT2D eigenvalue weighted by Crippen LogP contribution is 2.31. The molecule has 0 unspecified atom stereocenters. The largest absolute Gasteiger partial charge is 0.416 e. The van der Waals surface area contributed by atoms with Crippen LogP contribution in [0.1, 0.15) is 52.8 Å². The highest BCUT2D eigenvalue weighted by Gasteiger charge is 2.30. The Morgan fingerprint density at radius 2 is 1.73 bits per heavy atom. The third kappa shape index (κ3) is 4.46. The van der Waals surface area contributed by atoms with Gasteiger partial charge in [0.05, 0.1) is 5.56 Å². The first-order chi connectivity index (χ1) is 13.5. The van der Waals surface area contributed by atoms with Gasteiger partial charge in [0, 0.05) is 4.11 Å². The van der Waals surface area contributed by atoms with Crippen molar-refractivity contribution in [1.82, 2.24) is 0 Å². The Kier molecular flexibility index (Phi) is 4.53. The van der Waals surface area contributed by atoms with Gasteiger partial charge in [0.2, 0.25) is 0 Å². The summed E-state index contributed by atoms with van der Waals surface area (Å²) in [6.45, 7) is 1.69. The lowest BCUT2D eigenvalue weighted by Gasteiger charge is -2.15. The summed E-state index contributed by atoms with van der Waals surface area (Å²) in [5.74, 6) is -1.17. The van der Waals surface area contributed by atoms with Crippen molar-refractivity contribution in [3.8, 4) is 0 Å². The maximum Gasteiger partial charge on any atom is 0.416 e. The molecule has 0 aliphatic heterocycles. The van der Waals surface area contributed by atoms with E-state index in [4.69, 9.17) is 4.11 Å². The normalized spacial score (nSPS) is 16.5. The van der Waals surface area contributed by atoms with Crippen LogP contribution in [0.15, 0.2) is 66.7 Å². The Labute approximate surface area is 156 Å². The van der Waals surface area contributed by atoms with Crippen molar-refractivity contribution < 1.29 is 17.3 Å². The van der Waals surface area contributed by atoms with E-state index < -0.39 is 24.0 Å². The van der Waals surface area contributed by atoms with Gasteiger partial charge >= 0.3 is 6.18 Å². The zero-order valence-corrected chi connectivity index (χ0v) is 14.6. The maximum atomic E-state index is 12.9. The van der Waals surface area contributed by atoms with Gasteiger partial charge in [-0.15, -0.1) is 0 Å². The molecule has 0 aromatic heterocycles. The van der Waals surface area contributed by atoms with Crippen LogP contribution in [0.4, 0.5) is 13.2 Å². The third-order valence-electron chi connectivity index (χ3n) is 4.48. The second-order valence-corrected chi connectivity index (χ2v) is 6.43. The van der Waals surface area contributed by atoms with Crippen LogP contribution in [0.5, 0.6) is 0 Å². The smallest absolute Gasteiger partial charge is 0.166 e. The molecule has 3 aromatic carbocycles. The molecule has 0 N–H and O–H groups in total. The van der Waals surface area contributed by atoms with Gasteiger partial charge in [-0.05, 0) is 53.1 Å². The number of benzene rings is 3. The molecule has 0 aliphatic rings. The third-order valence-corrected chi connectivity index (χ3v) is 4.48. The van der Waals surface area contributed by atoms with Gasteiger partial charge in [0.1, 0.15) is 0 Å². The number of alkyl halides is 3. The molecule has 0 bridgehead atoms. The fraction of sp³-hybridized carbons (Fsp3) is 0.304. The first-order valence-corrected chi connectivity index (χ1v) is 8.62. The minimum atomic E-state index is -4.41. The second kappa shape index (κ2) is 7.94. The molecule has 0 nitrogen and oxygen atoms in total. The zero-order valence-electron chi connectivity index (χ0n) is 17.6. The lowest BCUT2D eigenvalue weighted by atomic mass is 9.90. The van der Waals surface area contributed by atoms with E-state index in [0.29, 0.717) is 5.56 Å². The van der Waals surface area contributed by atoms with Crippen LogP contribution in [-0.2, 0) is 12.6 Å². The number of rotatable bonds is 6. The quantitative estimate of drug-likeness (QED) is 0.431. The summed E-state index contributed by atoms with van der Waals surface area (Å²) in [6.07, 6.45) is -5.92. The van der Waals surface area contributed by atoms with E-state index in [-0.39, 0.29) is 19.3 Å². The van der Waals surface area contributed by atoms with Gasteiger partial charge in [-0.3, -0.25) is 0 Å². The molecule has 26 heavy (non-hydrogen) atoms. The molecular formula is C23H23F3. The van der Waals surface area contributed by atoms with Crippen molar-refractivity contribution in [1.29, 1.82) is 0 Å². The molecule has 0 saturated heterocycles. The number of aryl methyl sites for hydroxylation is 1. The van der Waals surface area contributed by atoms with Gasteiger partial charge in [0.15, 0.2) is 0 Å². The molecule has 0 spiro atoms. The molecule has 0 fully saturated rings. The van der Waals surface area contributed by atoms with E-state index in [2.05, 4.69) is 0 Å². The van der Waals surface area contributed by atoms with Crippen molar-refractivity contribution in [2.45, 2.75) is 44.6 Å². The van der Waals surface area contributed by atoms with Crippen molar-refractivity contribution in [3.63, 3.8) is 0 Å². The summed E-state index contributed by atoms with van der Waals surface area (Å²) < 4.78 is 64.2. The molecular weight excluding hydrogens is 333 g/mol. The van der Waals surface area contributed by atoms with Crippen molar-refractivity contribution >= 4 is 10.8 Å². The molecule has 3 aromatic rings. The Morgan fingerprint density at radius 3 is 2.54 bits per heavy atom. The predicted molar refractivity (Wildman–Crippen MR) is 101 cm³/mol. The molecule has 0 saturated carbocycles. The van der Waals surface area contributed by atoms with Crippen LogP contribution >= 0.6 is 0 Å². The van der Waals surface area contributed by atoms with E-state index in [0.717, 1.165) is 28.5 Å². The van der Waals surface area contributed by atoms with Gasteiger partial charge < -0.3 is 0 Å². The first kappa shape index (κ1) is 14.8. The fourth-order valence-corrected chi connectivity index (χ4v) is 3.10. The molecule has 3 heteroatoms. The first-order valence-electron chi connectivity index (χ1n) is 10.1. The molecule has 0 radical (unpaired) electrons. The van der Waals surface area contributed by atoms with E-state index in [1.54, 1.807) is 13.0 Å². The molecule has 0 aliphatic carbocycles. The Bertz CT molecular complexity index is 989. The summed E-state index contributed by atoms with van der Waals surface area (Å²) in [7, 11) is 0. The lowest BCUT2D eigenvalue weighted by molar-refractivity contribution is -0.137. The van der Waals surface area contributed by atoms with Crippen molar-refractivity contribution in [2.24, 2.45) is 0 Å². The Hall–Kier alpha value is -2.29. The van der Waals surface area contributed by atoms with Crippen LogP contribution in [0, 0.1) is 0 Å². The molecule has 136 valence electrons. The zero-order chi connectivity index (χ0) is 21.3. The number of halogens is 3. The Balaban J connectivity index is 1.76. The van der Waals surface area contributed by atoms with E-state index in [1.165, 1.54) is 6.07 Å². The topological polar surface area (TPSA) is 0 Å².